The fraction of sp³-hybridized carbons (Fsp3) is 0.545. The summed E-state index contributed by atoms with van der Waals surface area (Å²) in [6, 6.07) is 0.0535. The molecule has 0 aromatic carbocycles. The first-order chi connectivity index (χ1) is 8.66. The molecule has 0 bridgehead atoms. The molecule has 2 rings (SSSR count). The second-order valence-corrected chi connectivity index (χ2v) is 4.14. The third-order valence-corrected chi connectivity index (χ3v) is 2.82. The van der Waals surface area contributed by atoms with E-state index in [4.69, 9.17) is 9.52 Å². The Kier molecular flexibility index (Phi) is 3.81. The van der Waals surface area contributed by atoms with Gasteiger partial charge in [-0.2, -0.15) is 4.98 Å². The largest absolute Gasteiger partial charge is 0.476 e. The Bertz CT molecular complexity index is 437. The summed E-state index contributed by atoms with van der Waals surface area (Å²) in [6.45, 7) is 1.64. The van der Waals surface area contributed by atoms with Crippen molar-refractivity contribution >= 4 is 17.9 Å². The maximum absolute atomic E-state index is 11.8. The molecule has 1 amide bonds. The number of aromatic carboxylic acids is 1. The minimum Gasteiger partial charge on any atom is -0.476 e. The first-order valence-electron chi connectivity index (χ1n) is 5.87. The van der Waals surface area contributed by atoms with Crippen molar-refractivity contribution < 1.29 is 19.1 Å². The summed E-state index contributed by atoms with van der Waals surface area (Å²) in [4.78, 5) is 27.8. The number of piperidine rings is 1. The van der Waals surface area contributed by atoms with Crippen LogP contribution in [-0.2, 0) is 4.79 Å². The number of anilines is 1. The molecule has 1 fully saturated rings. The molecule has 0 unspecified atom stereocenters. The average Bonchev–Trinajstić information content (AvgIpc) is 2.86. The lowest BCUT2D eigenvalue weighted by Gasteiger charge is -2.26. The molecule has 1 aromatic rings. The molecular formula is C11H15N3O4. The Balaban J connectivity index is 1.82. The van der Waals surface area contributed by atoms with Crippen LogP contribution < -0.4 is 5.32 Å². The van der Waals surface area contributed by atoms with Gasteiger partial charge in [0.2, 0.25) is 5.91 Å². The summed E-state index contributed by atoms with van der Waals surface area (Å²) in [7, 11) is 0. The standard InChI is InChI=1S/C11H15N3O4/c15-9(14-4-2-1-3-5-14)6-12-11-13-8(7-18-11)10(16)17/h7H,1-6H2,(H,12,13)(H,16,17). The lowest BCUT2D eigenvalue weighted by molar-refractivity contribution is -0.130. The van der Waals surface area contributed by atoms with Crippen LogP contribution >= 0.6 is 0 Å². The van der Waals surface area contributed by atoms with E-state index in [1.807, 2.05) is 0 Å². The predicted molar refractivity (Wildman–Crippen MR) is 62.4 cm³/mol. The van der Waals surface area contributed by atoms with Crippen molar-refractivity contribution in [3.8, 4) is 0 Å². The number of carbonyl (C=O) groups excluding carboxylic acids is 1. The molecule has 2 N–H and O–H groups in total. The molecule has 1 aliphatic heterocycles. The van der Waals surface area contributed by atoms with Gasteiger partial charge >= 0.3 is 5.97 Å². The molecule has 7 nitrogen and oxygen atoms in total. The monoisotopic (exact) mass is 253 g/mol. The van der Waals surface area contributed by atoms with Crippen molar-refractivity contribution in [1.82, 2.24) is 9.88 Å². The second kappa shape index (κ2) is 5.52. The number of oxazole rings is 1. The van der Waals surface area contributed by atoms with Gasteiger partial charge in [-0.05, 0) is 19.3 Å². The Morgan fingerprint density at radius 2 is 2.11 bits per heavy atom. The molecule has 98 valence electrons. The number of amides is 1. The summed E-state index contributed by atoms with van der Waals surface area (Å²) in [5.41, 5.74) is -0.178. The molecule has 0 atom stereocenters. The maximum atomic E-state index is 11.8. The number of nitrogens with one attached hydrogen (secondary N) is 1. The van der Waals surface area contributed by atoms with E-state index in [2.05, 4.69) is 10.3 Å². The molecule has 0 spiro atoms. The highest BCUT2D eigenvalue weighted by atomic mass is 16.4. The van der Waals surface area contributed by atoms with Gasteiger partial charge in [0.1, 0.15) is 6.26 Å². The lowest BCUT2D eigenvalue weighted by atomic mass is 10.1. The number of likely N-dealkylation sites (tertiary alicyclic amines) is 1. The van der Waals surface area contributed by atoms with Crippen LogP contribution in [0.15, 0.2) is 10.7 Å². The summed E-state index contributed by atoms with van der Waals surface area (Å²) in [6.07, 6.45) is 4.27. The van der Waals surface area contributed by atoms with E-state index >= 15 is 0 Å². The van der Waals surface area contributed by atoms with E-state index in [1.54, 1.807) is 4.90 Å². The predicted octanol–water partition coefficient (Wildman–Crippen LogP) is 0.797. The van der Waals surface area contributed by atoms with Crippen LogP contribution in [0.5, 0.6) is 0 Å². The molecule has 0 radical (unpaired) electrons. The zero-order valence-corrected chi connectivity index (χ0v) is 9.89. The van der Waals surface area contributed by atoms with Crippen molar-refractivity contribution in [3.05, 3.63) is 12.0 Å². The van der Waals surface area contributed by atoms with Crippen LogP contribution in [0, 0.1) is 0 Å². The Morgan fingerprint density at radius 3 is 2.72 bits per heavy atom. The van der Waals surface area contributed by atoms with Gasteiger partial charge in [-0.3, -0.25) is 4.79 Å². The van der Waals surface area contributed by atoms with E-state index in [0.29, 0.717) is 0 Å². The van der Waals surface area contributed by atoms with Gasteiger partial charge in [0.15, 0.2) is 5.69 Å². The van der Waals surface area contributed by atoms with Gasteiger partial charge < -0.3 is 19.7 Å². The van der Waals surface area contributed by atoms with E-state index in [0.717, 1.165) is 32.2 Å². The number of hydrogen-bond donors (Lipinski definition) is 2. The number of carboxylic acid groups (broad SMARTS) is 1. The van der Waals surface area contributed by atoms with Gasteiger partial charge in [0, 0.05) is 13.1 Å². The lowest BCUT2D eigenvalue weighted by Crippen LogP contribution is -2.39. The summed E-state index contributed by atoms with van der Waals surface area (Å²) in [5.74, 6) is -1.18. The molecule has 0 aliphatic carbocycles. The van der Waals surface area contributed by atoms with Crippen LogP contribution in [-0.4, -0.2) is 46.5 Å². The number of carboxylic acids is 1. The average molecular weight is 253 g/mol. The van der Waals surface area contributed by atoms with Crippen molar-refractivity contribution in [2.24, 2.45) is 0 Å². The van der Waals surface area contributed by atoms with Crippen LogP contribution in [0.3, 0.4) is 0 Å². The van der Waals surface area contributed by atoms with Gasteiger partial charge in [0.25, 0.3) is 6.01 Å². The Morgan fingerprint density at radius 1 is 1.39 bits per heavy atom. The van der Waals surface area contributed by atoms with E-state index < -0.39 is 5.97 Å². The normalized spacial score (nSPS) is 15.4. The molecule has 1 aromatic heterocycles. The van der Waals surface area contributed by atoms with Crippen LogP contribution in [0.2, 0.25) is 0 Å². The van der Waals surface area contributed by atoms with E-state index in [9.17, 15) is 9.59 Å². The van der Waals surface area contributed by atoms with Gasteiger partial charge in [0.05, 0.1) is 6.54 Å². The minimum atomic E-state index is -1.16. The molecule has 18 heavy (non-hydrogen) atoms. The fourth-order valence-electron chi connectivity index (χ4n) is 1.86. The van der Waals surface area contributed by atoms with Crippen molar-refractivity contribution in [1.29, 1.82) is 0 Å². The minimum absolute atomic E-state index is 0.0234. The summed E-state index contributed by atoms with van der Waals surface area (Å²) >= 11 is 0. The smallest absolute Gasteiger partial charge is 0.357 e. The summed E-state index contributed by atoms with van der Waals surface area (Å²) < 4.78 is 4.89. The number of nitrogens with zero attached hydrogens (tertiary/aromatic N) is 2. The third kappa shape index (κ3) is 2.99. The van der Waals surface area contributed by atoms with Crippen molar-refractivity contribution in [2.45, 2.75) is 19.3 Å². The SMILES string of the molecule is O=C(O)c1coc(NCC(=O)N2CCCCC2)n1. The number of hydrogen-bond acceptors (Lipinski definition) is 5. The van der Waals surface area contributed by atoms with Crippen LogP contribution in [0.1, 0.15) is 29.8 Å². The molecule has 1 aliphatic rings. The zero-order chi connectivity index (χ0) is 13.0. The Hall–Kier alpha value is -2.05. The first kappa shape index (κ1) is 12.4. The highest BCUT2D eigenvalue weighted by Crippen LogP contribution is 2.10. The van der Waals surface area contributed by atoms with Crippen LogP contribution in [0.4, 0.5) is 6.01 Å². The quantitative estimate of drug-likeness (QED) is 0.823. The van der Waals surface area contributed by atoms with Gasteiger partial charge in [-0.15, -0.1) is 0 Å². The fourth-order valence-corrected chi connectivity index (χ4v) is 1.86. The Labute approximate surface area is 104 Å². The number of carbonyl (C=O) groups is 2. The molecule has 2 heterocycles. The van der Waals surface area contributed by atoms with Crippen LogP contribution in [0.25, 0.3) is 0 Å². The second-order valence-electron chi connectivity index (χ2n) is 4.14. The third-order valence-electron chi connectivity index (χ3n) is 2.82. The summed E-state index contributed by atoms with van der Waals surface area (Å²) in [5, 5.41) is 11.3. The van der Waals surface area contributed by atoms with Gasteiger partial charge in [-0.1, -0.05) is 0 Å². The van der Waals surface area contributed by atoms with E-state index in [1.165, 1.54) is 6.42 Å². The van der Waals surface area contributed by atoms with Crippen molar-refractivity contribution in [2.75, 3.05) is 25.0 Å². The zero-order valence-electron chi connectivity index (χ0n) is 9.89. The topological polar surface area (TPSA) is 95.7 Å². The highest BCUT2D eigenvalue weighted by Gasteiger charge is 2.17. The number of aromatic nitrogens is 1. The highest BCUT2D eigenvalue weighted by molar-refractivity contribution is 5.85. The van der Waals surface area contributed by atoms with E-state index in [-0.39, 0.29) is 24.2 Å². The maximum Gasteiger partial charge on any atom is 0.357 e. The molecule has 0 saturated carbocycles. The van der Waals surface area contributed by atoms with Gasteiger partial charge in [-0.25, -0.2) is 4.79 Å². The molecule has 7 heteroatoms. The van der Waals surface area contributed by atoms with Crippen molar-refractivity contribution in [3.63, 3.8) is 0 Å². The molecule has 1 saturated heterocycles. The first-order valence-corrected chi connectivity index (χ1v) is 5.87. The molecular weight excluding hydrogens is 238 g/mol. The number of rotatable bonds is 4.